The molecule has 0 atom stereocenters. The Morgan fingerprint density at radius 1 is 0.743 bits per heavy atom. The lowest BCUT2D eigenvalue weighted by Crippen LogP contribution is -2.24. The summed E-state index contributed by atoms with van der Waals surface area (Å²) in [5.74, 6) is 0.871. The van der Waals surface area contributed by atoms with Crippen molar-refractivity contribution in [1.82, 2.24) is 4.98 Å². The lowest BCUT2D eigenvalue weighted by atomic mass is 9.88. The summed E-state index contributed by atoms with van der Waals surface area (Å²) in [5.41, 5.74) is 4.96. The highest BCUT2D eigenvalue weighted by Crippen LogP contribution is 2.29. The van der Waals surface area contributed by atoms with Crippen LogP contribution < -0.4 is 10.6 Å². The highest BCUT2D eigenvalue weighted by atomic mass is 16.2. The summed E-state index contributed by atoms with van der Waals surface area (Å²) in [7, 11) is 0. The van der Waals surface area contributed by atoms with Crippen LogP contribution in [0.3, 0.4) is 0 Å². The van der Waals surface area contributed by atoms with Crippen molar-refractivity contribution in [3.05, 3.63) is 48.5 Å². The number of benzene rings is 2. The van der Waals surface area contributed by atoms with Crippen LogP contribution in [0.4, 0.5) is 11.4 Å². The van der Waals surface area contributed by atoms with Crippen molar-refractivity contribution in [2.24, 2.45) is 11.8 Å². The van der Waals surface area contributed by atoms with E-state index >= 15 is 0 Å². The molecule has 3 N–H and O–H groups in total. The SMILES string of the molecule is O=C(CNc1ccc(-c2cc3ccc(NC(=O)C4CCCCC4)cc3[nH]2)cc1)C1CCCCCC1. The Morgan fingerprint density at radius 3 is 2.09 bits per heavy atom. The highest BCUT2D eigenvalue weighted by molar-refractivity contribution is 5.96. The summed E-state index contributed by atoms with van der Waals surface area (Å²) in [4.78, 5) is 28.7. The summed E-state index contributed by atoms with van der Waals surface area (Å²) < 4.78 is 0. The van der Waals surface area contributed by atoms with Crippen LogP contribution in [0.2, 0.25) is 0 Å². The maximum Gasteiger partial charge on any atom is 0.227 e. The molecule has 1 aromatic heterocycles. The van der Waals surface area contributed by atoms with Gasteiger partial charge in [0.05, 0.1) is 6.54 Å². The van der Waals surface area contributed by atoms with Crippen LogP contribution in [0.1, 0.15) is 70.6 Å². The maximum absolute atomic E-state index is 12.6. The molecular weight excluding hydrogens is 434 g/mol. The maximum atomic E-state index is 12.6. The molecule has 2 saturated carbocycles. The van der Waals surface area contributed by atoms with Gasteiger partial charge in [0.15, 0.2) is 5.78 Å². The minimum absolute atomic E-state index is 0.147. The zero-order chi connectivity index (χ0) is 24.0. The van der Waals surface area contributed by atoms with Crippen molar-refractivity contribution in [2.45, 2.75) is 70.6 Å². The standard InChI is InChI=1S/C30H37N3O2/c34-29(22-8-4-1-2-5-9-22)20-31-25-15-12-21(13-16-25)27-18-24-14-17-26(19-28(24)33-27)32-30(35)23-10-6-3-7-11-23/h12-19,22-23,31,33H,1-11,20H2,(H,32,35). The topological polar surface area (TPSA) is 74.0 Å². The number of hydrogen-bond acceptors (Lipinski definition) is 3. The Labute approximate surface area is 208 Å². The Kier molecular flexibility index (Phi) is 7.51. The molecule has 1 heterocycles. The molecular formula is C30H37N3O2. The van der Waals surface area contributed by atoms with E-state index in [1.165, 1.54) is 32.1 Å². The molecule has 5 nitrogen and oxygen atoms in total. The van der Waals surface area contributed by atoms with E-state index in [0.717, 1.165) is 72.1 Å². The number of fused-ring (bicyclic) bond motifs is 1. The van der Waals surface area contributed by atoms with E-state index in [2.05, 4.69) is 39.9 Å². The number of aromatic amines is 1. The third-order valence-electron chi connectivity index (χ3n) is 7.84. The van der Waals surface area contributed by atoms with Crippen LogP contribution in [-0.2, 0) is 9.59 Å². The van der Waals surface area contributed by atoms with Crippen LogP contribution in [0.25, 0.3) is 22.2 Å². The summed E-state index contributed by atoms with van der Waals surface area (Å²) in [6.45, 7) is 0.408. The second-order valence-electron chi connectivity index (χ2n) is 10.4. The molecule has 0 spiro atoms. The molecule has 0 unspecified atom stereocenters. The molecule has 1 amide bonds. The van der Waals surface area contributed by atoms with Crippen molar-refractivity contribution < 1.29 is 9.59 Å². The van der Waals surface area contributed by atoms with Gasteiger partial charge in [0.1, 0.15) is 0 Å². The largest absolute Gasteiger partial charge is 0.378 e. The predicted octanol–water partition coefficient (Wildman–Crippen LogP) is 7.31. The predicted molar refractivity (Wildman–Crippen MR) is 144 cm³/mol. The molecule has 0 radical (unpaired) electrons. The van der Waals surface area contributed by atoms with Gasteiger partial charge in [0, 0.05) is 39.8 Å². The van der Waals surface area contributed by atoms with E-state index < -0.39 is 0 Å². The van der Waals surface area contributed by atoms with Crippen LogP contribution in [0.15, 0.2) is 48.5 Å². The Morgan fingerprint density at radius 2 is 1.37 bits per heavy atom. The van der Waals surface area contributed by atoms with Crippen LogP contribution in [0.5, 0.6) is 0 Å². The first-order valence-corrected chi connectivity index (χ1v) is 13.5. The summed E-state index contributed by atoms with van der Waals surface area (Å²) in [5, 5.41) is 7.55. The van der Waals surface area contributed by atoms with E-state index in [-0.39, 0.29) is 17.7 Å². The van der Waals surface area contributed by atoms with Crippen molar-refractivity contribution in [3.63, 3.8) is 0 Å². The number of amides is 1. The number of nitrogens with one attached hydrogen (secondary N) is 3. The van der Waals surface area contributed by atoms with Gasteiger partial charge in [-0.05, 0) is 61.6 Å². The molecule has 35 heavy (non-hydrogen) atoms. The number of rotatable bonds is 7. The zero-order valence-corrected chi connectivity index (χ0v) is 20.6. The van der Waals surface area contributed by atoms with E-state index in [1.807, 2.05) is 24.3 Å². The first-order valence-electron chi connectivity index (χ1n) is 13.5. The van der Waals surface area contributed by atoms with E-state index in [0.29, 0.717) is 12.3 Å². The van der Waals surface area contributed by atoms with E-state index in [1.54, 1.807) is 0 Å². The number of anilines is 2. The van der Waals surface area contributed by atoms with Crippen LogP contribution >= 0.6 is 0 Å². The van der Waals surface area contributed by atoms with Crippen LogP contribution in [-0.4, -0.2) is 23.2 Å². The first-order chi connectivity index (χ1) is 17.2. The molecule has 184 valence electrons. The molecule has 0 aliphatic heterocycles. The third-order valence-corrected chi connectivity index (χ3v) is 7.84. The molecule has 2 aromatic carbocycles. The number of carbonyl (C=O) groups is 2. The first kappa shape index (κ1) is 23.7. The van der Waals surface area contributed by atoms with Gasteiger partial charge in [-0.3, -0.25) is 9.59 Å². The lowest BCUT2D eigenvalue weighted by molar-refractivity contribution is -0.122. The van der Waals surface area contributed by atoms with Crippen LogP contribution in [0, 0.1) is 11.8 Å². The van der Waals surface area contributed by atoms with Gasteiger partial charge in [-0.1, -0.05) is 63.1 Å². The minimum atomic E-state index is 0.147. The molecule has 2 fully saturated rings. The molecule has 2 aliphatic rings. The summed E-state index contributed by atoms with van der Waals surface area (Å²) in [6, 6.07) is 16.4. The van der Waals surface area contributed by atoms with Gasteiger partial charge >= 0.3 is 0 Å². The second kappa shape index (κ2) is 11.1. The Balaban J connectivity index is 1.20. The molecule has 5 heteroatoms. The zero-order valence-electron chi connectivity index (χ0n) is 20.6. The van der Waals surface area contributed by atoms with Gasteiger partial charge in [0.25, 0.3) is 0 Å². The normalized spacial score (nSPS) is 17.7. The van der Waals surface area contributed by atoms with Crippen molar-refractivity contribution in [3.8, 4) is 11.3 Å². The fourth-order valence-electron chi connectivity index (χ4n) is 5.67. The number of aromatic nitrogens is 1. The molecule has 2 aliphatic carbocycles. The number of ketones is 1. The quantitative estimate of drug-likeness (QED) is 0.316. The van der Waals surface area contributed by atoms with E-state index in [9.17, 15) is 9.59 Å². The number of hydrogen-bond donors (Lipinski definition) is 3. The van der Waals surface area contributed by atoms with Gasteiger partial charge in [-0.15, -0.1) is 0 Å². The summed E-state index contributed by atoms with van der Waals surface area (Å²) in [6.07, 6.45) is 12.6. The minimum Gasteiger partial charge on any atom is -0.378 e. The number of Topliss-reactive ketones (excluding diaryl/α,β-unsaturated/α-hetero) is 1. The Hall–Kier alpha value is -3.08. The fraction of sp³-hybridized carbons (Fsp3) is 0.467. The van der Waals surface area contributed by atoms with Crippen molar-refractivity contribution >= 4 is 34.0 Å². The third kappa shape index (κ3) is 5.95. The molecule has 0 saturated heterocycles. The molecule has 5 rings (SSSR count). The molecule has 3 aromatic rings. The van der Waals surface area contributed by atoms with Gasteiger partial charge in [-0.2, -0.15) is 0 Å². The number of H-pyrrole nitrogens is 1. The van der Waals surface area contributed by atoms with Crippen molar-refractivity contribution in [1.29, 1.82) is 0 Å². The smallest absolute Gasteiger partial charge is 0.227 e. The van der Waals surface area contributed by atoms with Gasteiger partial charge in [0.2, 0.25) is 5.91 Å². The summed E-state index contributed by atoms with van der Waals surface area (Å²) >= 11 is 0. The second-order valence-corrected chi connectivity index (χ2v) is 10.4. The fourth-order valence-corrected chi connectivity index (χ4v) is 5.67. The van der Waals surface area contributed by atoms with Gasteiger partial charge < -0.3 is 15.6 Å². The Bertz CT molecular complexity index is 1150. The van der Waals surface area contributed by atoms with Gasteiger partial charge in [-0.25, -0.2) is 0 Å². The average Bonchev–Trinajstić information content (AvgIpc) is 3.12. The monoisotopic (exact) mass is 471 g/mol. The number of carbonyl (C=O) groups excluding carboxylic acids is 2. The van der Waals surface area contributed by atoms with E-state index in [4.69, 9.17) is 0 Å². The average molecular weight is 472 g/mol. The lowest BCUT2D eigenvalue weighted by Gasteiger charge is -2.20. The van der Waals surface area contributed by atoms with Crippen molar-refractivity contribution in [2.75, 3.05) is 17.2 Å². The highest BCUT2D eigenvalue weighted by Gasteiger charge is 2.21. The molecule has 0 bridgehead atoms.